The highest BCUT2D eigenvalue weighted by molar-refractivity contribution is 5.97. The summed E-state index contributed by atoms with van der Waals surface area (Å²) in [6.07, 6.45) is 5.86. The number of carboxylic acids is 1. The van der Waals surface area contributed by atoms with Crippen molar-refractivity contribution in [2.24, 2.45) is 0 Å². The fourth-order valence-corrected chi connectivity index (χ4v) is 3.83. The Labute approximate surface area is 140 Å². The van der Waals surface area contributed by atoms with Gasteiger partial charge in [-0.05, 0) is 48.8 Å². The molecule has 0 unspecified atom stereocenters. The maximum atomic E-state index is 12.7. The minimum atomic E-state index is -1.21. The van der Waals surface area contributed by atoms with E-state index in [0.29, 0.717) is 11.0 Å². The maximum absolute atomic E-state index is 12.7. The van der Waals surface area contributed by atoms with Crippen LogP contribution in [0.2, 0.25) is 0 Å². The molecule has 0 amide bonds. The highest BCUT2D eigenvalue weighted by Crippen LogP contribution is 2.39. The molecule has 0 bridgehead atoms. The second-order valence-corrected chi connectivity index (χ2v) is 6.62. The zero-order chi connectivity index (χ0) is 17.4. The van der Waals surface area contributed by atoms with Crippen molar-refractivity contribution in [1.82, 2.24) is 0 Å². The van der Waals surface area contributed by atoms with E-state index in [-0.39, 0.29) is 11.2 Å². The summed E-state index contributed by atoms with van der Waals surface area (Å²) < 4.78 is 5.72. The summed E-state index contributed by atoms with van der Waals surface area (Å²) in [5.41, 5.74) is 4.59. The first kappa shape index (κ1) is 16.6. The highest BCUT2D eigenvalue weighted by atomic mass is 16.4. The number of nitrogens with zero attached hydrogens (tertiary/aromatic N) is 1. The standard InChI is InChI=1S/C19H23NO4/c1-4-7-13-11-8-5-6-9-12(11)17(20(2)3)16-14(21)10-15(19(22)23)24-18(13)16/h10H,4-9H2,1-3H3,(H,22,23). The number of fused-ring (bicyclic) bond motifs is 2. The topological polar surface area (TPSA) is 70.8 Å². The Morgan fingerprint density at radius 3 is 2.50 bits per heavy atom. The summed E-state index contributed by atoms with van der Waals surface area (Å²) in [6, 6.07) is 1.10. The summed E-state index contributed by atoms with van der Waals surface area (Å²) in [7, 11) is 3.85. The number of carboxylic acid groups (broad SMARTS) is 1. The van der Waals surface area contributed by atoms with E-state index in [0.717, 1.165) is 55.8 Å². The number of carbonyl (C=O) groups is 1. The lowest BCUT2D eigenvalue weighted by Crippen LogP contribution is -2.21. The van der Waals surface area contributed by atoms with Crippen LogP contribution in [-0.2, 0) is 19.3 Å². The molecule has 1 aliphatic rings. The van der Waals surface area contributed by atoms with Gasteiger partial charge in [0.25, 0.3) is 0 Å². The molecule has 0 saturated heterocycles. The lowest BCUT2D eigenvalue weighted by Gasteiger charge is -2.28. The van der Waals surface area contributed by atoms with Gasteiger partial charge in [-0.3, -0.25) is 4.79 Å². The molecular formula is C19H23NO4. The molecule has 1 N–H and O–H groups in total. The van der Waals surface area contributed by atoms with E-state index >= 15 is 0 Å². The van der Waals surface area contributed by atoms with Gasteiger partial charge in [0.2, 0.25) is 5.76 Å². The van der Waals surface area contributed by atoms with E-state index in [1.807, 2.05) is 19.0 Å². The molecule has 5 nitrogen and oxygen atoms in total. The second-order valence-electron chi connectivity index (χ2n) is 6.62. The van der Waals surface area contributed by atoms with Gasteiger partial charge < -0.3 is 14.4 Å². The molecule has 0 atom stereocenters. The van der Waals surface area contributed by atoms with Gasteiger partial charge in [0.1, 0.15) is 5.58 Å². The van der Waals surface area contributed by atoms with E-state index in [1.54, 1.807) is 0 Å². The zero-order valence-electron chi connectivity index (χ0n) is 14.4. The maximum Gasteiger partial charge on any atom is 0.371 e. The van der Waals surface area contributed by atoms with Gasteiger partial charge in [-0.2, -0.15) is 0 Å². The molecule has 0 radical (unpaired) electrons. The van der Waals surface area contributed by atoms with Crippen LogP contribution >= 0.6 is 0 Å². The monoisotopic (exact) mass is 329 g/mol. The molecule has 1 aliphatic carbocycles. The van der Waals surface area contributed by atoms with Gasteiger partial charge in [0.15, 0.2) is 5.43 Å². The van der Waals surface area contributed by atoms with Crippen LogP contribution in [0.3, 0.4) is 0 Å². The molecule has 3 rings (SSSR count). The Balaban J connectivity index is 2.51. The van der Waals surface area contributed by atoms with Gasteiger partial charge in [-0.15, -0.1) is 0 Å². The van der Waals surface area contributed by atoms with Crippen LogP contribution in [-0.4, -0.2) is 25.2 Å². The van der Waals surface area contributed by atoms with E-state index in [9.17, 15) is 14.7 Å². The molecule has 1 aromatic carbocycles. The SMILES string of the molecule is CCCc1c2c(c(N(C)C)c3c(=O)cc(C(=O)O)oc13)CCCC2. The summed E-state index contributed by atoms with van der Waals surface area (Å²) in [4.78, 5) is 26.0. The van der Waals surface area contributed by atoms with Gasteiger partial charge >= 0.3 is 5.97 Å². The van der Waals surface area contributed by atoms with Crippen molar-refractivity contribution in [3.8, 4) is 0 Å². The molecule has 0 spiro atoms. The third-order valence-electron chi connectivity index (χ3n) is 4.73. The minimum absolute atomic E-state index is 0.275. The van der Waals surface area contributed by atoms with Crippen molar-refractivity contribution in [2.45, 2.75) is 45.4 Å². The molecule has 0 saturated carbocycles. The average molecular weight is 329 g/mol. The number of hydrogen-bond donors (Lipinski definition) is 1. The average Bonchev–Trinajstić information content (AvgIpc) is 2.54. The molecule has 0 aliphatic heterocycles. The molecule has 1 heterocycles. The lowest BCUT2D eigenvalue weighted by atomic mass is 9.83. The quantitative estimate of drug-likeness (QED) is 0.931. The predicted molar refractivity (Wildman–Crippen MR) is 94.4 cm³/mol. The minimum Gasteiger partial charge on any atom is -0.475 e. The predicted octanol–water partition coefficient (Wildman–Crippen LogP) is 3.39. The molecule has 0 fully saturated rings. The molecule has 1 aromatic heterocycles. The van der Waals surface area contributed by atoms with Crippen molar-refractivity contribution in [1.29, 1.82) is 0 Å². The summed E-state index contributed by atoms with van der Waals surface area (Å²) >= 11 is 0. The van der Waals surface area contributed by atoms with Gasteiger partial charge in [-0.25, -0.2) is 4.79 Å². The van der Waals surface area contributed by atoms with Gasteiger partial charge in [0.05, 0.1) is 11.1 Å². The summed E-state index contributed by atoms with van der Waals surface area (Å²) in [5.74, 6) is -1.49. The molecule has 5 heteroatoms. The molecular weight excluding hydrogens is 306 g/mol. The van der Waals surface area contributed by atoms with Crippen LogP contribution < -0.4 is 10.3 Å². The number of hydrogen-bond acceptors (Lipinski definition) is 4. The van der Waals surface area contributed by atoms with Crippen LogP contribution in [0.4, 0.5) is 5.69 Å². The van der Waals surface area contributed by atoms with Crippen molar-refractivity contribution in [3.05, 3.63) is 38.7 Å². The third kappa shape index (κ3) is 2.58. The number of aryl methyl sites for hydroxylation is 1. The fourth-order valence-electron chi connectivity index (χ4n) is 3.83. The zero-order valence-corrected chi connectivity index (χ0v) is 14.4. The van der Waals surface area contributed by atoms with Crippen LogP contribution in [0, 0.1) is 0 Å². The van der Waals surface area contributed by atoms with Crippen molar-refractivity contribution < 1.29 is 14.3 Å². The Kier molecular flexibility index (Phi) is 4.35. The first-order chi connectivity index (χ1) is 11.5. The van der Waals surface area contributed by atoms with Crippen LogP contribution in [0.25, 0.3) is 11.0 Å². The Bertz CT molecular complexity index is 864. The normalized spacial score (nSPS) is 13.8. The molecule has 24 heavy (non-hydrogen) atoms. The summed E-state index contributed by atoms with van der Waals surface area (Å²) in [6.45, 7) is 2.08. The van der Waals surface area contributed by atoms with E-state index in [1.165, 1.54) is 11.1 Å². The smallest absolute Gasteiger partial charge is 0.371 e. The number of anilines is 1. The van der Waals surface area contributed by atoms with Crippen LogP contribution in [0.5, 0.6) is 0 Å². The van der Waals surface area contributed by atoms with Crippen LogP contribution in [0.15, 0.2) is 15.3 Å². The second kappa shape index (κ2) is 6.30. The Morgan fingerprint density at radius 1 is 1.25 bits per heavy atom. The first-order valence-corrected chi connectivity index (χ1v) is 8.50. The van der Waals surface area contributed by atoms with E-state index in [4.69, 9.17) is 4.42 Å². The lowest BCUT2D eigenvalue weighted by molar-refractivity contribution is 0.0663. The van der Waals surface area contributed by atoms with E-state index in [2.05, 4.69) is 6.92 Å². The third-order valence-corrected chi connectivity index (χ3v) is 4.73. The van der Waals surface area contributed by atoms with Gasteiger partial charge in [-0.1, -0.05) is 13.3 Å². The number of aromatic carboxylic acids is 1. The van der Waals surface area contributed by atoms with E-state index < -0.39 is 5.97 Å². The highest BCUT2D eigenvalue weighted by Gasteiger charge is 2.26. The Morgan fingerprint density at radius 2 is 1.92 bits per heavy atom. The van der Waals surface area contributed by atoms with Crippen molar-refractivity contribution >= 4 is 22.6 Å². The summed E-state index contributed by atoms with van der Waals surface area (Å²) in [5, 5.41) is 9.79. The van der Waals surface area contributed by atoms with Crippen LogP contribution in [0.1, 0.15) is 53.4 Å². The Hall–Kier alpha value is -2.30. The number of benzene rings is 1. The molecule has 2 aromatic rings. The van der Waals surface area contributed by atoms with Crippen molar-refractivity contribution in [3.63, 3.8) is 0 Å². The number of rotatable bonds is 4. The van der Waals surface area contributed by atoms with Gasteiger partial charge in [0, 0.05) is 20.2 Å². The van der Waals surface area contributed by atoms with Crippen molar-refractivity contribution in [2.75, 3.05) is 19.0 Å². The largest absolute Gasteiger partial charge is 0.475 e. The molecule has 128 valence electrons. The fraction of sp³-hybridized carbons (Fsp3) is 0.474. The first-order valence-electron chi connectivity index (χ1n) is 8.50.